The number of carboxylic acid groups (broad SMARTS) is 1. The van der Waals surface area contributed by atoms with Crippen molar-refractivity contribution in [3.63, 3.8) is 0 Å². The Morgan fingerprint density at radius 3 is 2.67 bits per heavy atom. The molecule has 7 heteroatoms. The van der Waals surface area contributed by atoms with Crippen molar-refractivity contribution in [1.29, 1.82) is 0 Å². The van der Waals surface area contributed by atoms with Crippen molar-refractivity contribution in [3.05, 3.63) is 41.7 Å². The summed E-state index contributed by atoms with van der Waals surface area (Å²) in [6.45, 7) is 4.75. The molecule has 0 unspecified atom stereocenters. The molecule has 1 aromatic carbocycles. The standard InChI is InChI=1S/C14H16N4O3/c1-9-5-4-6-10(7-9)18-8-11(16-17-18)12(19)15-14(2,3)13(20)21/h4-8H,1-3H3,(H,15,19)(H,20,21). The fourth-order valence-electron chi connectivity index (χ4n) is 1.67. The van der Waals surface area contributed by atoms with Crippen LogP contribution in [0.4, 0.5) is 0 Å². The number of carboxylic acids is 1. The molecule has 0 saturated heterocycles. The van der Waals surface area contributed by atoms with Crippen molar-refractivity contribution in [1.82, 2.24) is 20.3 Å². The molecule has 1 amide bonds. The predicted octanol–water partition coefficient (Wildman–Crippen LogP) is 1.17. The van der Waals surface area contributed by atoms with E-state index in [4.69, 9.17) is 5.11 Å². The molecule has 0 aliphatic heterocycles. The Labute approximate surface area is 121 Å². The van der Waals surface area contributed by atoms with Gasteiger partial charge < -0.3 is 10.4 Å². The van der Waals surface area contributed by atoms with Crippen molar-refractivity contribution < 1.29 is 14.7 Å². The quantitative estimate of drug-likeness (QED) is 0.880. The van der Waals surface area contributed by atoms with Crippen molar-refractivity contribution in [2.45, 2.75) is 26.3 Å². The number of nitrogens with zero attached hydrogens (tertiary/aromatic N) is 3. The van der Waals surface area contributed by atoms with Crippen LogP contribution in [0.5, 0.6) is 0 Å². The number of rotatable bonds is 4. The minimum Gasteiger partial charge on any atom is -0.480 e. The third-order valence-electron chi connectivity index (χ3n) is 2.95. The Kier molecular flexibility index (Phi) is 3.75. The van der Waals surface area contributed by atoms with Gasteiger partial charge >= 0.3 is 5.97 Å². The fourth-order valence-corrected chi connectivity index (χ4v) is 1.67. The van der Waals surface area contributed by atoms with Gasteiger partial charge in [-0.25, -0.2) is 9.48 Å². The Bertz CT molecular complexity index is 691. The van der Waals surface area contributed by atoms with Gasteiger partial charge in [0, 0.05) is 0 Å². The fraction of sp³-hybridized carbons (Fsp3) is 0.286. The monoisotopic (exact) mass is 288 g/mol. The molecular weight excluding hydrogens is 272 g/mol. The van der Waals surface area contributed by atoms with Crippen LogP contribution < -0.4 is 5.32 Å². The van der Waals surface area contributed by atoms with Gasteiger partial charge in [0.2, 0.25) is 0 Å². The lowest BCUT2D eigenvalue weighted by Crippen LogP contribution is -2.49. The van der Waals surface area contributed by atoms with Gasteiger partial charge in [-0.1, -0.05) is 17.3 Å². The molecule has 1 heterocycles. The third kappa shape index (κ3) is 3.25. The van der Waals surface area contributed by atoms with E-state index < -0.39 is 17.4 Å². The zero-order chi connectivity index (χ0) is 15.6. The molecule has 2 rings (SSSR count). The topological polar surface area (TPSA) is 97.1 Å². The highest BCUT2D eigenvalue weighted by molar-refractivity contribution is 5.95. The van der Waals surface area contributed by atoms with E-state index >= 15 is 0 Å². The van der Waals surface area contributed by atoms with E-state index in [1.165, 1.54) is 24.7 Å². The van der Waals surface area contributed by atoms with Gasteiger partial charge in [-0.2, -0.15) is 0 Å². The summed E-state index contributed by atoms with van der Waals surface area (Å²) in [7, 11) is 0. The maximum Gasteiger partial charge on any atom is 0.328 e. The van der Waals surface area contributed by atoms with Crippen LogP contribution in [-0.2, 0) is 4.79 Å². The van der Waals surface area contributed by atoms with Crippen molar-refractivity contribution in [2.75, 3.05) is 0 Å². The van der Waals surface area contributed by atoms with Gasteiger partial charge in [0.15, 0.2) is 5.69 Å². The summed E-state index contributed by atoms with van der Waals surface area (Å²) in [4.78, 5) is 23.0. The minimum atomic E-state index is -1.37. The molecule has 2 N–H and O–H groups in total. The second-order valence-electron chi connectivity index (χ2n) is 5.27. The van der Waals surface area contributed by atoms with E-state index in [1.54, 1.807) is 0 Å². The van der Waals surface area contributed by atoms with E-state index in [9.17, 15) is 9.59 Å². The van der Waals surface area contributed by atoms with Crippen LogP contribution in [0.1, 0.15) is 29.9 Å². The van der Waals surface area contributed by atoms with Crippen molar-refractivity contribution in [3.8, 4) is 5.69 Å². The van der Waals surface area contributed by atoms with Gasteiger partial charge in [-0.15, -0.1) is 5.10 Å². The van der Waals surface area contributed by atoms with Gasteiger partial charge in [0.25, 0.3) is 5.91 Å². The average molecular weight is 288 g/mol. The molecule has 2 aromatic rings. The number of hydrogen-bond acceptors (Lipinski definition) is 4. The number of nitrogens with one attached hydrogen (secondary N) is 1. The number of carbonyl (C=O) groups is 2. The van der Waals surface area contributed by atoms with Gasteiger partial charge in [-0.3, -0.25) is 4.79 Å². The molecule has 0 radical (unpaired) electrons. The molecule has 1 aromatic heterocycles. The Morgan fingerprint density at radius 2 is 2.05 bits per heavy atom. The Morgan fingerprint density at radius 1 is 1.33 bits per heavy atom. The highest BCUT2D eigenvalue weighted by atomic mass is 16.4. The molecule has 0 aliphatic rings. The lowest BCUT2D eigenvalue weighted by Gasteiger charge is -2.19. The molecule has 0 spiro atoms. The van der Waals surface area contributed by atoms with E-state index in [-0.39, 0.29) is 5.69 Å². The maximum atomic E-state index is 12.0. The Balaban J connectivity index is 2.20. The van der Waals surface area contributed by atoms with E-state index in [2.05, 4.69) is 15.6 Å². The van der Waals surface area contributed by atoms with Crippen LogP contribution in [-0.4, -0.2) is 37.5 Å². The molecule has 0 saturated carbocycles. The largest absolute Gasteiger partial charge is 0.480 e. The Hall–Kier alpha value is -2.70. The summed E-state index contributed by atoms with van der Waals surface area (Å²) in [5.74, 6) is -1.71. The van der Waals surface area contributed by atoms with E-state index in [0.29, 0.717) is 0 Å². The summed E-state index contributed by atoms with van der Waals surface area (Å²) in [6.07, 6.45) is 1.46. The lowest BCUT2D eigenvalue weighted by atomic mass is 10.1. The first-order chi connectivity index (χ1) is 9.79. The summed E-state index contributed by atoms with van der Waals surface area (Å²) < 4.78 is 1.47. The number of benzene rings is 1. The third-order valence-corrected chi connectivity index (χ3v) is 2.95. The zero-order valence-electron chi connectivity index (χ0n) is 12.0. The molecular formula is C14H16N4O3. The first kappa shape index (κ1) is 14.7. The maximum absolute atomic E-state index is 12.0. The number of carbonyl (C=O) groups excluding carboxylic acids is 1. The molecule has 7 nitrogen and oxygen atoms in total. The number of aromatic nitrogens is 3. The molecule has 21 heavy (non-hydrogen) atoms. The molecule has 0 fully saturated rings. The van der Waals surface area contributed by atoms with Crippen molar-refractivity contribution >= 4 is 11.9 Å². The van der Waals surface area contributed by atoms with Crippen LogP contribution >= 0.6 is 0 Å². The van der Waals surface area contributed by atoms with Gasteiger partial charge in [0.05, 0.1) is 11.9 Å². The number of aryl methyl sites for hydroxylation is 1. The van der Waals surface area contributed by atoms with E-state index in [0.717, 1.165) is 11.3 Å². The second-order valence-corrected chi connectivity index (χ2v) is 5.27. The number of hydrogen-bond donors (Lipinski definition) is 2. The normalized spacial score (nSPS) is 11.2. The minimum absolute atomic E-state index is 0.0610. The first-order valence-electron chi connectivity index (χ1n) is 6.35. The van der Waals surface area contributed by atoms with E-state index in [1.807, 2.05) is 31.2 Å². The van der Waals surface area contributed by atoms with Crippen LogP contribution in [0.15, 0.2) is 30.5 Å². The van der Waals surface area contributed by atoms with Crippen LogP contribution in [0.2, 0.25) is 0 Å². The molecule has 110 valence electrons. The SMILES string of the molecule is Cc1cccc(-n2cc(C(=O)NC(C)(C)C(=O)O)nn2)c1. The van der Waals surface area contributed by atoms with Gasteiger partial charge in [0.1, 0.15) is 5.54 Å². The van der Waals surface area contributed by atoms with Crippen LogP contribution in [0.3, 0.4) is 0 Å². The summed E-state index contributed by atoms with van der Waals surface area (Å²) in [6, 6.07) is 7.56. The number of amides is 1. The van der Waals surface area contributed by atoms with Crippen LogP contribution in [0, 0.1) is 6.92 Å². The highest BCUT2D eigenvalue weighted by Crippen LogP contribution is 2.10. The summed E-state index contributed by atoms with van der Waals surface area (Å²) in [5, 5.41) is 19.0. The summed E-state index contributed by atoms with van der Waals surface area (Å²) >= 11 is 0. The highest BCUT2D eigenvalue weighted by Gasteiger charge is 2.30. The molecule has 0 bridgehead atoms. The van der Waals surface area contributed by atoms with Crippen LogP contribution in [0.25, 0.3) is 5.69 Å². The number of aliphatic carboxylic acids is 1. The first-order valence-corrected chi connectivity index (χ1v) is 6.35. The molecule has 0 aliphatic carbocycles. The molecule has 0 atom stereocenters. The smallest absolute Gasteiger partial charge is 0.328 e. The average Bonchev–Trinajstić information content (AvgIpc) is 2.87. The lowest BCUT2D eigenvalue weighted by molar-refractivity contribution is -0.143. The van der Waals surface area contributed by atoms with Gasteiger partial charge in [-0.05, 0) is 38.5 Å². The predicted molar refractivity (Wildman–Crippen MR) is 75.3 cm³/mol. The summed E-state index contributed by atoms with van der Waals surface area (Å²) in [5.41, 5.74) is 0.524. The zero-order valence-corrected chi connectivity index (χ0v) is 12.0. The van der Waals surface area contributed by atoms with Crippen molar-refractivity contribution in [2.24, 2.45) is 0 Å². The second kappa shape index (κ2) is 5.35.